The third-order valence-corrected chi connectivity index (χ3v) is 2.83. The number of nitrogens with two attached hydrogens (primary N) is 1. The number of nitrogens with zero attached hydrogens (tertiary/aromatic N) is 1. The third kappa shape index (κ3) is 3.18. The highest BCUT2D eigenvalue weighted by Gasteiger charge is 2.30. The van der Waals surface area contributed by atoms with Crippen LogP contribution in [0.4, 0.5) is 4.79 Å². The lowest BCUT2D eigenvalue weighted by Gasteiger charge is -2.38. The van der Waals surface area contributed by atoms with Crippen molar-refractivity contribution in [3.8, 4) is 0 Å². The average molecular weight is 235 g/mol. The second-order valence-electron chi connectivity index (χ2n) is 4.22. The first-order valence-electron chi connectivity index (χ1n) is 5.68. The van der Waals surface area contributed by atoms with Gasteiger partial charge in [-0.05, 0) is 5.56 Å². The quantitative estimate of drug-likeness (QED) is 0.596. The van der Waals surface area contributed by atoms with Crippen LogP contribution in [0.5, 0.6) is 0 Å². The van der Waals surface area contributed by atoms with Crippen molar-refractivity contribution in [2.24, 2.45) is 11.8 Å². The van der Waals surface area contributed by atoms with Crippen LogP contribution in [0.15, 0.2) is 30.3 Å². The molecule has 1 aliphatic rings. The first-order valence-corrected chi connectivity index (χ1v) is 5.68. The number of carbonyl (C=O) groups is 1. The molecule has 0 spiro atoms. The van der Waals surface area contributed by atoms with Crippen LogP contribution in [0.1, 0.15) is 5.56 Å². The zero-order chi connectivity index (χ0) is 12.1. The maximum Gasteiger partial charge on any atom is 0.410 e. The Bertz CT molecular complexity index is 363. The molecular formula is C12H17N3O2. The van der Waals surface area contributed by atoms with Crippen LogP contribution in [0, 0.1) is 5.92 Å². The van der Waals surface area contributed by atoms with Crippen LogP contribution in [0.3, 0.4) is 0 Å². The molecule has 92 valence electrons. The summed E-state index contributed by atoms with van der Waals surface area (Å²) in [5, 5.41) is 0. The molecule has 5 nitrogen and oxygen atoms in total. The number of carbonyl (C=O) groups excluding carboxylic acids is 1. The minimum Gasteiger partial charge on any atom is -0.445 e. The van der Waals surface area contributed by atoms with Crippen LogP contribution in [-0.4, -0.2) is 30.6 Å². The first-order chi connectivity index (χ1) is 8.29. The van der Waals surface area contributed by atoms with E-state index in [-0.39, 0.29) is 6.09 Å². The largest absolute Gasteiger partial charge is 0.445 e. The predicted molar refractivity (Wildman–Crippen MR) is 63.9 cm³/mol. The van der Waals surface area contributed by atoms with E-state index in [9.17, 15) is 4.79 Å². The Morgan fingerprint density at radius 1 is 1.41 bits per heavy atom. The monoisotopic (exact) mass is 235 g/mol. The van der Waals surface area contributed by atoms with E-state index in [2.05, 4.69) is 5.43 Å². The van der Waals surface area contributed by atoms with E-state index in [0.29, 0.717) is 12.5 Å². The van der Waals surface area contributed by atoms with Gasteiger partial charge in [0.15, 0.2) is 0 Å². The summed E-state index contributed by atoms with van der Waals surface area (Å²) in [5.74, 6) is 5.66. The molecule has 0 aromatic heterocycles. The summed E-state index contributed by atoms with van der Waals surface area (Å²) in [4.78, 5) is 13.3. The first kappa shape index (κ1) is 11.9. The van der Waals surface area contributed by atoms with Crippen molar-refractivity contribution in [1.29, 1.82) is 0 Å². The molecule has 17 heavy (non-hydrogen) atoms. The number of hydrogen-bond acceptors (Lipinski definition) is 4. The zero-order valence-corrected chi connectivity index (χ0v) is 9.63. The summed E-state index contributed by atoms with van der Waals surface area (Å²) in [7, 11) is 0. The number of hydrazine groups is 1. The lowest BCUT2D eigenvalue weighted by molar-refractivity contribution is 0.0496. The second kappa shape index (κ2) is 5.65. The summed E-state index contributed by atoms with van der Waals surface area (Å²) in [6.07, 6.45) is -0.248. The summed E-state index contributed by atoms with van der Waals surface area (Å²) in [6, 6.07) is 9.66. The third-order valence-electron chi connectivity index (χ3n) is 2.83. The lowest BCUT2D eigenvalue weighted by atomic mass is 10.0. The zero-order valence-electron chi connectivity index (χ0n) is 9.63. The Morgan fingerprint density at radius 2 is 2.12 bits per heavy atom. The molecule has 1 aliphatic heterocycles. The minimum absolute atomic E-state index is 0.248. The van der Waals surface area contributed by atoms with Crippen LogP contribution in [0.25, 0.3) is 0 Å². The van der Waals surface area contributed by atoms with E-state index < -0.39 is 0 Å². The maximum absolute atomic E-state index is 11.6. The van der Waals surface area contributed by atoms with Crippen LogP contribution >= 0.6 is 0 Å². The molecule has 1 amide bonds. The van der Waals surface area contributed by atoms with Gasteiger partial charge in [-0.25, -0.2) is 4.79 Å². The molecule has 1 aromatic rings. The molecule has 2 rings (SSSR count). The van der Waals surface area contributed by atoms with Crippen molar-refractivity contribution in [3.05, 3.63) is 35.9 Å². The van der Waals surface area contributed by atoms with E-state index in [0.717, 1.165) is 25.2 Å². The molecule has 0 aliphatic carbocycles. The Labute approximate surface area is 101 Å². The highest BCUT2D eigenvalue weighted by molar-refractivity contribution is 5.68. The summed E-state index contributed by atoms with van der Waals surface area (Å²) >= 11 is 0. The summed E-state index contributed by atoms with van der Waals surface area (Å²) in [5.41, 5.74) is 3.61. The standard InChI is InChI=1S/C12H17N3O2/c13-14-6-11-7-15(8-11)12(16)17-9-10-4-2-1-3-5-10/h1-5,11,14H,6-9,13H2. The fourth-order valence-electron chi connectivity index (χ4n) is 1.83. The van der Waals surface area contributed by atoms with E-state index in [1.807, 2.05) is 30.3 Å². The number of amides is 1. The van der Waals surface area contributed by atoms with Gasteiger partial charge in [-0.15, -0.1) is 0 Å². The van der Waals surface area contributed by atoms with E-state index in [4.69, 9.17) is 10.6 Å². The van der Waals surface area contributed by atoms with E-state index >= 15 is 0 Å². The van der Waals surface area contributed by atoms with Crippen molar-refractivity contribution in [3.63, 3.8) is 0 Å². The molecular weight excluding hydrogens is 218 g/mol. The molecule has 0 radical (unpaired) electrons. The number of likely N-dealkylation sites (tertiary alicyclic amines) is 1. The second-order valence-corrected chi connectivity index (χ2v) is 4.22. The van der Waals surface area contributed by atoms with Gasteiger partial charge in [0.05, 0.1) is 0 Å². The Kier molecular flexibility index (Phi) is 3.95. The van der Waals surface area contributed by atoms with Gasteiger partial charge in [0.2, 0.25) is 0 Å². The Hall–Kier alpha value is -1.59. The topological polar surface area (TPSA) is 67.6 Å². The summed E-state index contributed by atoms with van der Waals surface area (Å²) in [6.45, 7) is 2.51. The highest BCUT2D eigenvalue weighted by atomic mass is 16.6. The maximum atomic E-state index is 11.6. The number of ether oxygens (including phenoxy) is 1. The Morgan fingerprint density at radius 3 is 2.76 bits per heavy atom. The van der Waals surface area contributed by atoms with Crippen molar-refractivity contribution >= 4 is 6.09 Å². The van der Waals surface area contributed by atoms with Crippen LogP contribution < -0.4 is 11.3 Å². The molecule has 0 saturated carbocycles. The SMILES string of the molecule is NNCC1CN(C(=O)OCc2ccccc2)C1. The number of hydrogen-bond donors (Lipinski definition) is 2. The van der Waals surface area contributed by atoms with Gasteiger partial charge in [0.1, 0.15) is 6.61 Å². The Balaban J connectivity index is 1.69. The predicted octanol–water partition coefficient (Wildman–Crippen LogP) is 0.718. The molecule has 1 fully saturated rings. The number of benzene rings is 1. The van der Waals surface area contributed by atoms with Gasteiger partial charge in [-0.3, -0.25) is 11.3 Å². The molecule has 1 saturated heterocycles. The van der Waals surface area contributed by atoms with Gasteiger partial charge >= 0.3 is 6.09 Å². The van der Waals surface area contributed by atoms with Crippen molar-refractivity contribution in [2.75, 3.05) is 19.6 Å². The van der Waals surface area contributed by atoms with Crippen molar-refractivity contribution < 1.29 is 9.53 Å². The van der Waals surface area contributed by atoms with Gasteiger partial charge in [-0.2, -0.15) is 0 Å². The van der Waals surface area contributed by atoms with Gasteiger partial charge in [0.25, 0.3) is 0 Å². The molecule has 0 bridgehead atoms. The number of nitrogens with one attached hydrogen (secondary N) is 1. The van der Waals surface area contributed by atoms with Gasteiger partial charge in [0, 0.05) is 25.6 Å². The minimum atomic E-state index is -0.248. The molecule has 5 heteroatoms. The van der Waals surface area contributed by atoms with E-state index in [1.165, 1.54) is 0 Å². The smallest absolute Gasteiger partial charge is 0.410 e. The van der Waals surface area contributed by atoms with Crippen LogP contribution in [-0.2, 0) is 11.3 Å². The van der Waals surface area contributed by atoms with Crippen molar-refractivity contribution in [2.45, 2.75) is 6.61 Å². The fourth-order valence-corrected chi connectivity index (χ4v) is 1.83. The number of rotatable bonds is 4. The van der Waals surface area contributed by atoms with Crippen molar-refractivity contribution in [1.82, 2.24) is 10.3 Å². The summed E-state index contributed by atoms with van der Waals surface area (Å²) < 4.78 is 5.19. The normalized spacial score (nSPS) is 15.5. The van der Waals surface area contributed by atoms with Crippen LogP contribution in [0.2, 0.25) is 0 Å². The lowest BCUT2D eigenvalue weighted by Crippen LogP contribution is -2.54. The average Bonchev–Trinajstić information content (AvgIpc) is 2.31. The molecule has 0 atom stereocenters. The molecule has 1 heterocycles. The molecule has 1 aromatic carbocycles. The highest BCUT2D eigenvalue weighted by Crippen LogP contribution is 2.16. The molecule has 3 N–H and O–H groups in total. The fraction of sp³-hybridized carbons (Fsp3) is 0.417. The molecule has 0 unspecified atom stereocenters. The van der Waals surface area contributed by atoms with Gasteiger partial charge < -0.3 is 9.64 Å². The van der Waals surface area contributed by atoms with Gasteiger partial charge in [-0.1, -0.05) is 30.3 Å². The van der Waals surface area contributed by atoms with E-state index in [1.54, 1.807) is 4.90 Å².